The summed E-state index contributed by atoms with van der Waals surface area (Å²) < 4.78 is 34.3. The van der Waals surface area contributed by atoms with Crippen molar-refractivity contribution in [1.29, 1.82) is 0 Å². The van der Waals surface area contributed by atoms with Crippen molar-refractivity contribution >= 4 is 0 Å². The number of nitrogens with zero attached hydrogens (tertiary/aromatic N) is 5. The summed E-state index contributed by atoms with van der Waals surface area (Å²) >= 11 is 0. The van der Waals surface area contributed by atoms with Crippen molar-refractivity contribution in [3.8, 4) is 5.69 Å². The average molecular weight is 387 g/mol. The molecule has 3 aromatic rings. The number of hydrogen-bond donors (Lipinski definition) is 0. The summed E-state index contributed by atoms with van der Waals surface area (Å²) in [4.78, 5) is 6.71. The maximum Gasteiger partial charge on any atom is 0.229 e. The zero-order chi connectivity index (χ0) is 19.8. The Hall–Kier alpha value is -2.61. The molecule has 28 heavy (non-hydrogen) atoms. The van der Waals surface area contributed by atoms with E-state index in [9.17, 15) is 8.78 Å². The second-order valence-electron chi connectivity index (χ2n) is 7.39. The van der Waals surface area contributed by atoms with Crippen LogP contribution in [0.1, 0.15) is 47.4 Å². The van der Waals surface area contributed by atoms with Gasteiger partial charge in [-0.05, 0) is 58.8 Å². The van der Waals surface area contributed by atoms with Gasteiger partial charge in [0.2, 0.25) is 5.89 Å². The number of aromatic nitrogens is 4. The molecule has 0 spiro atoms. The Morgan fingerprint density at radius 3 is 2.54 bits per heavy atom. The van der Waals surface area contributed by atoms with E-state index in [0.717, 1.165) is 61.4 Å². The molecule has 0 unspecified atom stereocenters. The third-order valence-electron chi connectivity index (χ3n) is 5.44. The maximum absolute atomic E-state index is 14.2. The second kappa shape index (κ2) is 7.43. The predicted octanol–water partition coefficient (Wildman–Crippen LogP) is 3.84. The zero-order valence-electron chi connectivity index (χ0n) is 16.2. The third-order valence-corrected chi connectivity index (χ3v) is 5.44. The van der Waals surface area contributed by atoms with Crippen molar-refractivity contribution in [3.05, 3.63) is 58.5 Å². The summed E-state index contributed by atoms with van der Waals surface area (Å²) in [6, 6.07) is 3.56. The van der Waals surface area contributed by atoms with Gasteiger partial charge in [-0.15, -0.1) is 0 Å². The van der Waals surface area contributed by atoms with Gasteiger partial charge >= 0.3 is 0 Å². The molecular formula is C20H23F2N5O. The van der Waals surface area contributed by atoms with Crippen molar-refractivity contribution in [2.75, 3.05) is 13.1 Å². The highest BCUT2D eigenvalue weighted by Crippen LogP contribution is 2.29. The minimum Gasteiger partial charge on any atom is -0.339 e. The smallest absolute Gasteiger partial charge is 0.229 e. The van der Waals surface area contributed by atoms with Crippen LogP contribution >= 0.6 is 0 Å². The van der Waals surface area contributed by atoms with Gasteiger partial charge in [0.25, 0.3) is 0 Å². The maximum atomic E-state index is 14.2. The normalized spacial score (nSPS) is 16.0. The summed E-state index contributed by atoms with van der Waals surface area (Å²) in [5, 5.41) is 8.38. The highest BCUT2D eigenvalue weighted by atomic mass is 19.1. The lowest BCUT2D eigenvalue weighted by atomic mass is 9.96. The van der Waals surface area contributed by atoms with Crippen LogP contribution in [0.4, 0.5) is 8.78 Å². The van der Waals surface area contributed by atoms with Crippen LogP contribution in [0.2, 0.25) is 0 Å². The lowest BCUT2D eigenvalue weighted by Gasteiger charge is -2.30. The monoisotopic (exact) mass is 387 g/mol. The second-order valence-corrected chi connectivity index (χ2v) is 7.39. The van der Waals surface area contributed by atoms with Gasteiger partial charge in [0, 0.05) is 29.8 Å². The molecule has 0 amide bonds. The Morgan fingerprint density at radius 1 is 1.14 bits per heavy atom. The fraction of sp³-hybridized carbons (Fsp3) is 0.450. The Morgan fingerprint density at radius 2 is 1.89 bits per heavy atom. The van der Waals surface area contributed by atoms with Crippen molar-refractivity contribution in [3.63, 3.8) is 0 Å². The SMILES string of the molecule is Cc1noc(C2CCN(Cc3c(C)nn(-c4ccc(F)cc4F)c3C)CC2)n1. The first-order valence-electron chi connectivity index (χ1n) is 9.45. The molecular weight excluding hydrogens is 364 g/mol. The minimum absolute atomic E-state index is 0.263. The number of halogens is 2. The van der Waals surface area contributed by atoms with E-state index in [1.54, 1.807) is 4.68 Å². The first kappa shape index (κ1) is 18.7. The Labute approximate surface area is 162 Å². The number of benzene rings is 1. The summed E-state index contributed by atoms with van der Waals surface area (Å²) in [7, 11) is 0. The van der Waals surface area contributed by atoms with Crippen LogP contribution < -0.4 is 0 Å². The van der Waals surface area contributed by atoms with Crippen molar-refractivity contribution < 1.29 is 13.3 Å². The Kier molecular flexibility index (Phi) is 4.97. The van der Waals surface area contributed by atoms with E-state index in [1.807, 2.05) is 20.8 Å². The largest absolute Gasteiger partial charge is 0.339 e. The highest BCUT2D eigenvalue weighted by Gasteiger charge is 2.26. The van der Waals surface area contributed by atoms with Gasteiger partial charge in [-0.3, -0.25) is 4.90 Å². The molecule has 2 aromatic heterocycles. The number of piperidine rings is 1. The van der Waals surface area contributed by atoms with E-state index >= 15 is 0 Å². The zero-order valence-corrected chi connectivity index (χ0v) is 16.2. The van der Waals surface area contributed by atoms with E-state index in [2.05, 4.69) is 20.1 Å². The van der Waals surface area contributed by atoms with Gasteiger partial charge in [-0.25, -0.2) is 13.5 Å². The Balaban J connectivity index is 1.48. The molecule has 148 valence electrons. The molecule has 1 aliphatic heterocycles. The fourth-order valence-electron chi connectivity index (χ4n) is 3.83. The third kappa shape index (κ3) is 3.56. The van der Waals surface area contributed by atoms with Crippen molar-refractivity contribution in [1.82, 2.24) is 24.8 Å². The van der Waals surface area contributed by atoms with Gasteiger partial charge in [0.05, 0.1) is 5.69 Å². The number of likely N-dealkylation sites (tertiary alicyclic amines) is 1. The first-order chi connectivity index (χ1) is 13.4. The molecule has 0 aliphatic carbocycles. The Bertz CT molecular complexity index is 989. The van der Waals surface area contributed by atoms with E-state index in [-0.39, 0.29) is 5.69 Å². The minimum atomic E-state index is -0.618. The van der Waals surface area contributed by atoms with Crippen LogP contribution in [0.3, 0.4) is 0 Å². The molecule has 8 heteroatoms. The molecule has 0 radical (unpaired) electrons. The van der Waals surface area contributed by atoms with Crippen LogP contribution in [0.5, 0.6) is 0 Å². The number of hydrogen-bond acceptors (Lipinski definition) is 5. The summed E-state index contributed by atoms with van der Waals surface area (Å²) in [5.74, 6) is 0.485. The molecule has 6 nitrogen and oxygen atoms in total. The quantitative estimate of drug-likeness (QED) is 0.681. The van der Waals surface area contributed by atoms with E-state index in [4.69, 9.17) is 4.52 Å². The lowest BCUT2D eigenvalue weighted by Crippen LogP contribution is -2.32. The van der Waals surface area contributed by atoms with Crippen molar-refractivity contribution in [2.45, 2.75) is 46.1 Å². The highest BCUT2D eigenvalue weighted by molar-refractivity contribution is 5.38. The summed E-state index contributed by atoms with van der Waals surface area (Å²) in [6.07, 6.45) is 1.92. The predicted molar refractivity (Wildman–Crippen MR) is 99.2 cm³/mol. The van der Waals surface area contributed by atoms with Gasteiger partial charge in [-0.1, -0.05) is 5.16 Å². The van der Waals surface area contributed by atoms with Gasteiger partial charge in [-0.2, -0.15) is 10.1 Å². The number of rotatable bonds is 4. The van der Waals surface area contributed by atoms with Crippen LogP contribution in [0.15, 0.2) is 22.7 Å². The van der Waals surface area contributed by atoms with E-state index < -0.39 is 11.6 Å². The molecule has 0 N–H and O–H groups in total. The standard InChI is InChI=1S/C20H23F2N5O/c1-12-17(13(2)27(24-12)19-5-4-16(21)10-18(19)22)11-26-8-6-15(7-9-26)20-23-14(3)25-28-20/h4-5,10,15H,6-9,11H2,1-3H3. The molecule has 0 atom stereocenters. The molecule has 0 saturated carbocycles. The molecule has 4 rings (SSSR count). The van der Waals surface area contributed by atoms with Crippen LogP contribution in [-0.2, 0) is 6.54 Å². The van der Waals surface area contributed by atoms with Crippen LogP contribution in [-0.4, -0.2) is 37.9 Å². The van der Waals surface area contributed by atoms with E-state index in [1.165, 1.54) is 12.1 Å². The summed E-state index contributed by atoms with van der Waals surface area (Å²) in [5.41, 5.74) is 3.07. The van der Waals surface area contributed by atoms with Crippen LogP contribution in [0.25, 0.3) is 5.69 Å². The van der Waals surface area contributed by atoms with Crippen LogP contribution in [0, 0.1) is 32.4 Å². The van der Waals surface area contributed by atoms with E-state index in [0.29, 0.717) is 11.7 Å². The van der Waals surface area contributed by atoms with Gasteiger partial charge < -0.3 is 4.52 Å². The van der Waals surface area contributed by atoms with Crippen molar-refractivity contribution in [2.24, 2.45) is 0 Å². The molecule has 3 heterocycles. The molecule has 1 saturated heterocycles. The fourth-order valence-corrected chi connectivity index (χ4v) is 3.83. The topological polar surface area (TPSA) is 60.0 Å². The molecule has 1 fully saturated rings. The molecule has 0 bridgehead atoms. The first-order valence-corrected chi connectivity index (χ1v) is 9.45. The lowest BCUT2D eigenvalue weighted by molar-refractivity contribution is 0.187. The molecule has 1 aromatic carbocycles. The number of aryl methyl sites for hydroxylation is 2. The average Bonchev–Trinajstić information content (AvgIpc) is 3.21. The van der Waals surface area contributed by atoms with Gasteiger partial charge in [0.1, 0.15) is 11.5 Å². The summed E-state index contributed by atoms with van der Waals surface area (Å²) in [6.45, 7) is 8.26. The molecule has 1 aliphatic rings. The van der Waals surface area contributed by atoms with Gasteiger partial charge in [0.15, 0.2) is 11.6 Å².